The summed E-state index contributed by atoms with van der Waals surface area (Å²) in [6.07, 6.45) is 4.56. The van der Waals surface area contributed by atoms with Crippen LogP contribution < -0.4 is 5.32 Å². The van der Waals surface area contributed by atoms with Crippen LogP contribution >= 0.6 is 0 Å². The summed E-state index contributed by atoms with van der Waals surface area (Å²) < 4.78 is 12.9. The van der Waals surface area contributed by atoms with Gasteiger partial charge in [0.15, 0.2) is 0 Å². The Morgan fingerprint density at radius 1 is 1.30 bits per heavy atom. The van der Waals surface area contributed by atoms with Gasteiger partial charge < -0.3 is 14.8 Å². The van der Waals surface area contributed by atoms with Crippen LogP contribution in [0.25, 0.3) is 0 Å². The summed E-state index contributed by atoms with van der Waals surface area (Å²) in [6.45, 7) is 9.53. The lowest BCUT2D eigenvalue weighted by atomic mass is 10.2. The molecule has 0 unspecified atom stereocenters. The Labute approximate surface area is 120 Å². The fourth-order valence-electron chi connectivity index (χ4n) is 1.73. The van der Waals surface area contributed by atoms with Crippen molar-refractivity contribution in [3.63, 3.8) is 0 Å². The maximum absolute atomic E-state index is 5.58. The summed E-state index contributed by atoms with van der Waals surface area (Å²) in [4.78, 5) is 0. The molecule has 20 heavy (non-hydrogen) atoms. The van der Waals surface area contributed by atoms with Crippen LogP contribution in [0.5, 0.6) is 0 Å². The van der Waals surface area contributed by atoms with Gasteiger partial charge >= 0.3 is 0 Å². The van der Waals surface area contributed by atoms with Gasteiger partial charge in [-0.25, -0.2) is 4.68 Å². The van der Waals surface area contributed by atoms with E-state index in [1.807, 2.05) is 31.6 Å². The predicted octanol–water partition coefficient (Wildman–Crippen LogP) is 1.36. The van der Waals surface area contributed by atoms with E-state index in [2.05, 4.69) is 15.6 Å². The van der Waals surface area contributed by atoms with Crippen molar-refractivity contribution in [1.29, 1.82) is 0 Å². The van der Waals surface area contributed by atoms with Crippen LogP contribution in [0.4, 0.5) is 0 Å². The summed E-state index contributed by atoms with van der Waals surface area (Å²) in [5.74, 6) is 0. The summed E-state index contributed by atoms with van der Waals surface area (Å²) in [5.41, 5.74) is 0.895. The van der Waals surface area contributed by atoms with Gasteiger partial charge in [0.25, 0.3) is 0 Å². The molecule has 0 aliphatic heterocycles. The molecule has 0 radical (unpaired) electrons. The van der Waals surface area contributed by atoms with Crippen LogP contribution in [0.2, 0.25) is 0 Å². The van der Waals surface area contributed by atoms with E-state index >= 15 is 0 Å². The van der Waals surface area contributed by atoms with Crippen molar-refractivity contribution in [1.82, 2.24) is 20.3 Å². The number of hydrogen-bond acceptors (Lipinski definition) is 5. The highest BCUT2D eigenvalue weighted by atomic mass is 16.5. The highest BCUT2D eigenvalue weighted by Gasteiger charge is 2.20. The van der Waals surface area contributed by atoms with E-state index in [1.54, 1.807) is 0 Å². The Morgan fingerprint density at radius 3 is 2.80 bits per heavy atom. The molecule has 1 aliphatic rings. The molecule has 0 atom stereocenters. The van der Waals surface area contributed by atoms with Gasteiger partial charge in [-0.1, -0.05) is 5.21 Å². The Morgan fingerprint density at radius 2 is 2.10 bits per heavy atom. The third-order valence-electron chi connectivity index (χ3n) is 2.96. The molecule has 0 aromatic carbocycles. The van der Waals surface area contributed by atoms with Crippen LogP contribution in [0.15, 0.2) is 6.20 Å². The van der Waals surface area contributed by atoms with Crippen molar-refractivity contribution in [3.8, 4) is 0 Å². The molecule has 6 heteroatoms. The number of aromatic nitrogens is 3. The molecule has 1 N–H and O–H groups in total. The number of nitrogens with one attached hydrogen (secondary N) is 1. The first-order valence-electron chi connectivity index (χ1n) is 7.37. The summed E-state index contributed by atoms with van der Waals surface area (Å²) in [6, 6.07) is 0.700. The Kier molecular flexibility index (Phi) is 5.51. The smallest absolute Gasteiger partial charge is 0.0964 e. The fourth-order valence-corrected chi connectivity index (χ4v) is 1.73. The van der Waals surface area contributed by atoms with Crippen molar-refractivity contribution in [3.05, 3.63) is 11.9 Å². The molecule has 0 saturated heterocycles. The highest BCUT2D eigenvalue weighted by Crippen LogP contribution is 2.18. The van der Waals surface area contributed by atoms with Crippen LogP contribution in [0.1, 0.15) is 39.3 Å². The van der Waals surface area contributed by atoms with E-state index in [1.165, 1.54) is 12.8 Å². The summed E-state index contributed by atoms with van der Waals surface area (Å²) in [5, 5.41) is 11.6. The van der Waals surface area contributed by atoms with Gasteiger partial charge in [0.05, 0.1) is 37.7 Å². The first-order chi connectivity index (χ1) is 9.53. The Balaban J connectivity index is 1.52. The second-order valence-corrected chi connectivity index (χ2v) is 6.20. The SMILES string of the molecule is CC(C)(C)OCCOCCn1cc(CNC2CC2)nn1. The summed E-state index contributed by atoms with van der Waals surface area (Å²) in [7, 11) is 0. The van der Waals surface area contributed by atoms with Crippen LogP contribution in [-0.4, -0.2) is 46.5 Å². The van der Waals surface area contributed by atoms with E-state index in [9.17, 15) is 0 Å². The first-order valence-corrected chi connectivity index (χ1v) is 7.37. The number of rotatable bonds is 9. The van der Waals surface area contributed by atoms with Crippen LogP contribution in [-0.2, 0) is 22.6 Å². The monoisotopic (exact) mass is 282 g/mol. The standard InChI is InChI=1S/C14H26N4O2/c1-14(2,3)20-9-8-19-7-6-18-11-13(16-17-18)10-15-12-4-5-12/h11-12,15H,4-10H2,1-3H3. The third-order valence-corrected chi connectivity index (χ3v) is 2.96. The minimum absolute atomic E-state index is 0.0985. The first kappa shape index (κ1) is 15.4. The summed E-state index contributed by atoms with van der Waals surface area (Å²) >= 11 is 0. The van der Waals surface area contributed by atoms with Gasteiger partial charge in [-0.05, 0) is 33.6 Å². The van der Waals surface area contributed by atoms with Gasteiger partial charge in [0.2, 0.25) is 0 Å². The van der Waals surface area contributed by atoms with Crippen molar-refractivity contribution < 1.29 is 9.47 Å². The quantitative estimate of drug-likeness (QED) is 0.693. The van der Waals surface area contributed by atoms with E-state index in [0.29, 0.717) is 25.9 Å². The van der Waals surface area contributed by atoms with Crippen molar-refractivity contribution >= 4 is 0 Å². The van der Waals surface area contributed by atoms with Crippen LogP contribution in [0.3, 0.4) is 0 Å². The molecule has 1 aromatic rings. The zero-order valence-electron chi connectivity index (χ0n) is 12.8. The average Bonchev–Trinajstić information content (AvgIpc) is 3.09. The molecular weight excluding hydrogens is 256 g/mol. The second-order valence-electron chi connectivity index (χ2n) is 6.20. The second kappa shape index (κ2) is 7.15. The van der Waals surface area contributed by atoms with Crippen molar-refractivity contribution in [2.45, 2.75) is 58.3 Å². The van der Waals surface area contributed by atoms with Crippen LogP contribution in [0, 0.1) is 0 Å². The highest BCUT2D eigenvalue weighted by molar-refractivity contribution is 4.94. The third kappa shape index (κ3) is 6.45. The van der Waals surface area contributed by atoms with Gasteiger partial charge in [-0.2, -0.15) is 0 Å². The van der Waals surface area contributed by atoms with Gasteiger partial charge in [0, 0.05) is 18.8 Å². The molecule has 1 saturated carbocycles. The van der Waals surface area contributed by atoms with Crippen molar-refractivity contribution in [2.75, 3.05) is 19.8 Å². The lowest BCUT2D eigenvalue weighted by Gasteiger charge is -2.19. The minimum atomic E-state index is -0.0985. The minimum Gasteiger partial charge on any atom is -0.377 e. The molecule has 1 aromatic heterocycles. The van der Waals surface area contributed by atoms with Gasteiger partial charge in [0.1, 0.15) is 0 Å². The molecule has 1 aliphatic carbocycles. The predicted molar refractivity (Wildman–Crippen MR) is 76.4 cm³/mol. The van der Waals surface area contributed by atoms with E-state index in [4.69, 9.17) is 9.47 Å². The zero-order chi connectivity index (χ0) is 14.4. The molecule has 1 fully saturated rings. The number of ether oxygens (including phenoxy) is 2. The average molecular weight is 282 g/mol. The molecular formula is C14H26N4O2. The maximum atomic E-state index is 5.58. The zero-order valence-corrected chi connectivity index (χ0v) is 12.8. The van der Waals surface area contributed by atoms with Gasteiger partial charge in [-0.15, -0.1) is 5.10 Å². The fraction of sp³-hybridized carbons (Fsp3) is 0.857. The number of nitrogens with zero attached hydrogens (tertiary/aromatic N) is 3. The molecule has 6 nitrogen and oxygen atoms in total. The molecule has 1 heterocycles. The van der Waals surface area contributed by atoms with Gasteiger partial charge in [-0.3, -0.25) is 0 Å². The Hall–Kier alpha value is -0.980. The topological polar surface area (TPSA) is 61.2 Å². The number of hydrogen-bond donors (Lipinski definition) is 1. The molecule has 0 bridgehead atoms. The van der Waals surface area contributed by atoms with E-state index in [-0.39, 0.29) is 5.60 Å². The largest absolute Gasteiger partial charge is 0.377 e. The molecule has 114 valence electrons. The Bertz CT molecular complexity index is 396. The van der Waals surface area contributed by atoms with E-state index in [0.717, 1.165) is 18.8 Å². The lowest BCUT2D eigenvalue weighted by Crippen LogP contribution is -2.22. The normalized spacial score (nSPS) is 15.8. The maximum Gasteiger partial charge on any atom is 0.0964 e. The lowest BCUT2D eigenvalue weighted by molar-refractivity contribution is -0.0359. The van der Waals surface area contributed by atoms with E-state index < -0.39 is 0 Å². The molecule has 0 amide bonds. The molecule has 2 rings (SSSR count). The van der Waals surface area contributed by atoms with Crippen molar-refractivity contribution in [2.24, 2.45) is 0 Å². The molecule has 0 spiro atoms.